The summed E-state index contributed by atoms with van der Waals surface area (Å²) in [5, 5.41) is 0.230. The maximum atomic E-state index is 11.7. The van der Waals surface area contributed by atoms with Crippen molar-refractivity contribution in [1.29, 1.82) is 0 Å². The molecule has 0 aliphatic rings. The van der Waals surface area contributed by atoms with Crippen molar-refractivity contribution in [3.05, 3.63) is 23.2 Å². The van der Waals surface area contributed by atoms with E-state index in [1.54, 1.807) is 11.9 Å². The molecule has 0 aliphatic heterocycles. The van der Waals surface area contributed by atoms with E-state index in [0.29, 0.717) is 0 Å². The van der Waals surface area contributed by atoms with Gasteiger partial charge in [0.1, 0.15) is 10.8 Å². The molecule has 0 spiro atoms. The van der Waals surface area contributed by atoms with Crippen LogP contribution in [0.2, 0.25) is 5.15 Å². The Morgan fingerprint density at radius 1 is 1.50 bits per heavy atom. The molecule has 76 valence electrons. The second kappa shape index (κ2) is 4.37. The first kappa shape index (κ1) is 10.9. The molecular weight excluding hydrogens is 202 g/mol. The molecule has 1 heterocycles. The van der Waals surface area contributed by atoms with Crippen LogP contribution in [0, 0.1) is 0 Å². The third-order valence-electron chi connectivity index (χ3n) is 1.92. The van der Waals surface area contributed by atoms with Gasteiger partial charge in [-0.25, -0.2) is 4.98 Å². The first-order valence-electron chi connectivity index (χ1n) is 4.27. The fraction of sp³-hybridized carbons (Fsp3) is 0.444. The van der Waals surface area contributed by atoms with Gasteiger partial charge in [0, 0.05) is 13.1 Å². The average molecular weight is 214 g/mol. The smallest absolute Gasteiger partial charge is 0.274 e. The summed E-state index contributed by atoms with van der Waals surface area (Å²) >= 11 is 5.63. The van der Waals surface area contributed by atoms with Gasteiger partial charge in [-0.1, -0.05) is 11.6 Å². The van der Waals surface area contributed by atoms with E-state index in [9.17, 15) is 4.79 Å². The van der Waals surface area contributed by atoms with E-state index < -0.39 is 0 Å². The van der Waals surface area contributed by atoms with Gasteiger partial charge in [-0.05, 0) is 13.8 Å². The van der Waals surface area contributed by atoms with E-state index in [0.717, 1.165) is 0 Å². The molecule has 0 fully saturated rings. The molecule has 1 amide bonds. The van der Waals surface area contributed by atoms with Crippen LogP contribution in [0.25, 0.3) is 0 Å². The predicted octanol–water partition coefficient (Wildman–Crippen LogP) is 1.61. The highest BCUT2D eigenvalue weighted by atomic mass is 35.5. The number of hydrogen-bond donors (Lipinski definition) is 0. The molecule has 0 atom stereocenters. The Hall–Kier alpha value is -1.16. The Balaban J connectivity index is 2.89. The standard InChI is InChI=1S/C9H12ClN3O/c1-6(2)13(3)9(14)7-4-11-5-8(10)12-7/h4-6H,1-3H3. The van der Waals surface area contributed by atoms with E-state index in [1.165, 1.54) is 12.4 Å². The van der Waals surface area contributed by atoms with E-state index in [1.807, 2.05) is 13.8 Å². The number of carbonyl (C=O) groups is 1. The van der Waals surface area contributed by atoms with Gasteiger partial charge in [0.15, 0.2) is 0 Å². The predicted molar refractivity (Wildman–Crippen MR) is 54.3 cm³/mol. The lowest BCUT2D eigenvalue weighted by Crippen LogP contribution is -2.33. The fourth-order valence-corrected chi connectivity index (χ4v) is 1.01. The van der Waals surface area contributed by atoms with Crippen LogP contribution in [0.15, 0.2) is 12.4 Å². The fourth-order valence-electron chi connectivity index (χ4n) is 0.860. The number of carbonyl (C=O) groups excluding carboxylic acids is 1. The zero-order valence-electron chi connectivity index (χ0n) is 8.36. The SMILES string of the molecule is CC(C)N(C)C(=O)c1cncc(Cl)n1. The number of halogens is 1. The van der Waals surface area contributed by atoms with E-state index in [2.05, 4.69) is 9.97 Å². The first-order chi connectivity index (χ1) is 6.52. The largest absolute Gasteiger partial charge is 0.338 e. The van der Waals surface area contributed by atoms with Gasteiger partial charge in [-0.3, -0.25) is 9.78 Å². The molecule has 0 aromatic carbocycles. The molecule has 14 heavy (non-hydrogen) atoms. The topological polar surface area (TPSA) is 46.1 Å². The van der Waals surface area contributed by atoms with Crippen molar-refractivity contribution in [3.8, 4) is 0 Å². The number of rotatable bonds is 2. The Bertz CT molecular complexity index is 341. The number of nitrogens with zero attached hydrogens (tertiary/aromatic N) is 3. The molecule has 0 saturated heterocycles. The summed E-state index contributed by atoms with van der Waals surface area (Å²) in [6, 6.07) is 0.128. The number of hydrogen-bond acceptors (Lipinski definition) is 3. The molecule has 5 heteroatoms. The Kier molecular flexibility index (Phi) is 3.41. The zero-order chi connectivity index (χ0) is 10.7. The van der Waals surface area contributed by atoms with Crippen LogP contribution in [-0.4, -0.2) is 33.9 Å². The van der Waals surface area contributed by atoms with Crippen LogP contribution in [0.4, 0.5) is 0 Å². The lowest BCUT2D eigenvalue weighted by molar-refractivity contribution is 0.0748. The number of amides is 1. The summed E-state index contributed by atoms with van der Waals surface area (Å²) in [6.07, 6.45) is 2.81. The molecule has 1 rings (SSSR count). The molecule has 1 aromatic heterocycles. The van der Waals surface area contributed by atoms with Crippen molar-refractivity contribution in [1.82, 2.24) is 14.9 Å². The highest BCUT2D eigenvalue weighted by molar-refractivity contribution is 6.29. The normalized spacial score (nSPS) is 10.4. The van der Waals surface area contributed by atoms with Gasteiger partial charge in [0.25, 0.3) is 5.91 Å². The first-order valence-corrected chi connectivity index (χ1v) is 4.65. The van der Waals surface area contributed by atoms with Crippen LogP contribution < -0.4 is 0 Å². The Labute approximate surface area is 87.9 Å². The molecule has 0 aliphatic carbocycles. The van der Waals surface area contributed by atoms with Crippen LogP contribution in [-0.2, 0) is 0 Å². The lowest BCUT2D eigenvalue weighted by Gasteiger charge is -2.20. The van der Waals surface area contributed by atoms with Crippen molar-refractivity contribution >= 4 is 17.5 Å². The molecule has 0 radical (unpaired) electrons. The minimum Gasteiger partial charge on any atom is -0.338 e. The van der Waals surface area contributed by atoms with Crippen molar-refractivity contribution in [2.24, 2.45) is 0 Å². The van der Waals surface area contributed by atoms with Crippen molar-refractivity contribution < 1.29 is 4.79 Å². The van der Waals surface area contributed by atoms with Crippen LogP contribution in [0.5, 0.6) is 0 Å². The van der Waals surface area contributed by atoms with Gasteiger partial charge < -0.3 is 4.90 Å². The molecular formula is C9H12ClN3O. The van der Waals surface area contributed by atoms with Gasteiger partial charge in [-0.15, -0.1) is 0 Å². The average Bonchev–Trinajstić information content (AvgIpc) is 2.15. The number of aromatic nitrogens is 2. The summed E-state index contributed by atoms with van der Waals surface area (Å²) in [5.74, 6) is -0.171. The highest BCUT2D eigenvalue weighted by Crippen LogP contribution is 2.06. The van der Waals surface area contributed by atoms with Crippen LogP contribution >= 0.6 is 11.6 Å². The Morgan fingerprint density at radius 3 is 2.64 bits per heavy atom. The lowest BCUT2D eigenvalue weighted by atomic mass is 10.3. The van der Waals surface area contributed by atoms with E-state index in [-0.39, 0.29) is 22.8 Å². The molecule has 0 saturated carbocycles. The van der Waals surface area contributed by atoms with Crippen molar-refractivity contribution in [2.75, 3.05) is 7.05 Å². The Morgan fingerprint density at radius 2 is 2.14 bits per heavy atom. The summed E-state index contributed by atoms with van der Waals surface area (Å²) in [7, 11) is 1.72. The maximum Gasteiger partial charge on any atom is 0.274 e. The molecule has 4 nitrogen and oxygen atoms in total. The highest BCUT2D eigenvalue weighted by Gasteiger charge is 2.15. The van der Waals surface area contributed by atoms with E-state index >= 15 is 0 Å². The van der Waals surface area contributed by atoms with Crippen molar-refractivity contribution in [2.45, 2.75) is 19.9 Å². The quantitative estimate of drug-likeness (QED) is 0.750. The molecule has 0 unspecified atom stereocenters. The molecule has 0 bridgehead atoms. The maximum absolute atomic E-state index is 11.7. The summed E-state index contributed by atoms with van der Waals surface area (Å²) in [6.45, 7) is 3.85. The second-order valence-corrected chi connectivity index (χ2v) is 3.62. The van der Waals surface area contributed by atoms with Gasteiger partial charge in [0.2, 0.25) is 0 Å². The minimum absolute atomic E-state index is 0.128. The van der Waals surface area contributed by atoms with Gasteiger partial charge >= 0.3 is 0 Å². The minimum atomic E-state index is -0.171. The molecule has 0 N–H and O–H groups in total. The van der Waals surface area contributed by atoms with Gasteiger partial charge in [-0.2, -0.15) is 0 Å². The van der Waals surface area contributed by atoms with Crippen LogP contribution in [0.1, 0.15) is 24.3 Å². The van der Waals surface area contributed by atoms with E-state index in [4.69, 9.17) is 11.6 Å². The summed E-state index contributed by atoms with van der Waals surface area (Å²) in [5.41, 5.74) is 0.272. The monoisotopic (exact) mass is 213 g/mol. The molecule has 1 aromatic rings. The summed E-state index contributed by atoms with van der Waals surface area (Å²) in [4.78, 5) is 21.0. The zero-order valence-corrected chi connectivity index (χ0v) is 9.12. The summed E-state index contributed by atoms with van der Waals surface area (Å²) < 4.78 is 0. The van der Waals surface area contributed by atoms with Crippen molar-refractivity contribution in [3.63, 3.8) is 0 Å². The van der Waals surface area contributed by atoms with Crippen LogP contribution in [0.3, 0.4) is 0 Å². The third kappa shape index (κ3) is 2.42. The van der Waals surface area contributed by atoms with Gasteiger partial charge in [0.05, 0.1) is 12.4 Å². The second-order valence-electron chi connectivity index (χ2n) is 3.24. The third-order valence-corrected chi connectivity index (χ3v) is 2.10.